The molecule has 3 unspecified atom stereocenters. The van der Waals surface area contributed by atoms with Crippen molar-refractivity contribution in [2.75, 3.05) is 7.11 Å². The summed E-state index contributed by atoms with van der Waals surface area (Å²) in [5.41, 5.74) is 0.858. The van der Waals surface area contributed by atoms with Crippen molar-refractivity contribution < 1.29 is 14.1 Å². The standard InChI is InChI=1S/C22H31N3O3/c1-14(2)18-10-5-15(3)13-19(18)23-20(26)11-12-21-24-22(25-28-21)16-6-8-17(27-4)9-7-16/h6-9,14-15,18-19H,5,10-13H2,1-4H3,(H,23,26). The summed E-state index contributed by atoms with van der Waals surface area (Å²) < 4.78 is 10.5. The van der Waals surface area contributed by atoms with Gasteiger partial charge in [0.1, 0.15) is 5.75 Å². The van der Waals surface area contributed by atoms with Crippen molar-refractivity contribution >= 4 is 5.91 Å². The van der Waals surface area contributed by atoms with Gasteiger partial charge in [-0.1, -0.05) is 32.3 Å². The molecule has 0 bridgehead atoms. The SMILES string of the molecule is COc1ccc(-c2noc(CCC(=O)NC3CC(C)CCC3C(C)C)n2)cc1. The Morgan fingerprint density at radius 3 is 2.71 bits per heavy atom. The number of ether oxygens (including phenoxy) is 1. The number of methoxy groups -OCH3 is 1. The van der Waals surface area contributed by atoms with Crippen LogP contribution in [0, 0.1) is 17.8 Å². The summed E-state index contributed by atoms with van der Waals surface area (Å²) >= 11 is 0. The van der Waals surface area contributed by atoms with Gasteiger partial charge in [-0.25, -0.2) is 0 Å². The molecule has 1 aliphatic carbocycles. The molecule has 1 amide bonds. The van der Waals surface area contributed by atoms with Crippen LogP contribution in [0.3, 0.4) is 0 Å². The first-order valence-electron chi connectivity index (χ1n) is 10.2. The first-order valence-corrected chi connectivity index (χ1v) is 10.2. The number of hydrogen-bond acceptors (Lipinski definition) is 5. The molecule has 1 heterocycles. The van der Waals surface area contributed by atoms with Crippen LogP contribution in [0.2, 0.25) is 0 Å². The van der Waals surface area contributed by atoms with Gasteiger partial charge in [-0.2, -0.15) is 4.98 Å². The van der Waals surface area contributed by atoms with Crippen molar-refractivity contribution in [1.29, 1.82) is 0 Å². The summed E-state index contributed by atoms with van der Waals surface area (Å²) in [5.74, 6) is 3.67. The molecular formula is C22H31N3O3. The second kappa shape index (κ2) is 9.22. The molecule has 1 N–H and O–H groups in total. The zero-order valence-electron chi connectivity index (χ0n) is 17.3. The van der Waals surface area contributed by atoms with Gasteiger partial charge in [0.2, 0.25) is 17.6 Å². The van der Waals surface area contributed by atoms with E-state index in [2.05, 4.69) is 36.2 Å². The van der Waals surface area contributed by atoms with E-state index in [0.717, 1.165) is 17.7 Å². The van der Waals surface area contributed by atoms with Gasteiger partial charge in [-0.3, -0.25) is 4.79 Å². The monoisotopic (exact) mass is 385 g/mol. The van der Waals surface area contributed by atoms with Crippen molar-refractivity contribution in [3.05, 3.63) is 30.2 Å². The van der Waals surface area contributed by atoms with E-state index in [-0.39, 0.29) is 11.9 Å². The van der Waals surface area contributed by atoms with Crippen LogP contribution >= 0.6 is 0 Å². The third-order valence-corrected chi connectivity index (χ3v) is 5.75. The van der Waals surface area contributed by atoms with E-state index in [9.17, 15) is 4.79 Å². The molecule has 6 nitrogen and oxygen atoms in total. The predicted molar refractivity (Wildman–Crippen MR) is 108 cm³/mol. The Hall–Kier alpha value is -2.37. The van der Waals surface area contributed by atoms with Crippen LogP contribution in [0.1, 0.15) is 52.3 Å². The van der Waals surface area contributed by atoms with Crippen LogP contribution in [0.5, 0.6) is 5.75 Å². The molecule has 0 radical (unpaired) electrons. The van der Waals surface area contributed by atoms with Crippen molar-refractivity contribution in [2.45, 2.75) is 58.9 Å². The van der Waals surface area contributed by atoms with Gasteiger partial charge in [0.15, 0.2) is 0 Å². The largest absolute Gasteiger partial charge is 0.497 e. The number of carbonyl (C=O) groups excluding carboxylic acids is 1. The molecule has 1 saturated carbocycles. The van der Waals surface area contributed by atoms with E-state index in [1.54, 1.807) is 7.11 Å². The Bertz CT molecular complexity index is 770. The smallest absolute Gasteiger partial charge is 0.227 e. The molecule has 0 saturated heterocycles. The highest BCUT2D eigenvalue weighted by Crippen LogP contribution is 2.33. The summed E-state index contributed by atoms with van der Waals surface area (Å²) in [4.78, 5) is 16.9. The van der Waals surface area contributed by atoms with E-state index < -0.39 is 0 Å². The highest BCUT2D eigenvalue weighted by molar-refractivity contribution is 5.76. The van der Waals surface area contributed by atoms with Crippen molar-refractivity contribution in [3.63, 3.8) is 0 Å². The quantitative estimate of drug-likeness (QED) is 0.771. The molecule has 0 spiro atoms. The molecule has 6 heteroatoms. The molecule has 28 heavy (non-hydrogen) atoms. The second-order valence-electron chi connectivity index (χ2n) is 8.24. The number of nitrogens with zero attached hydrogens (tertiary/aromatic N) is 2. The Morgan fingerprint density at radius 2 is 2.04 bits per heavy atom. The lowest BCUT2D eigenvalue weighted by molar-refractivity contribution is -0.122. The third-order valence-electron chi connectivity index (χ3n) is 5.75. The molecule has 1 fully saturated rings. The fraction of sp³-hybridized carbons (Fsp3) is 0.591. The minimum Gasteiger partial charge on any atom is -0.497 e. The predicted octanol–water partition coefficient (Wildman–Crippen LogP) is 4.25. The summed E-state index contributed by atoms with van der Waals surface area (Å²) in [6.45, 7) is 6.77. The minimum absolute atomic E-state index is 0.0638. The Morgan fingerprint density at radius 1 is 1.29 bits per heavy atom. The highest BCUT2D eigenvalue weighted by Gasteiger charge is 2.31. The number of amides is 1. The molecular weight excluding hydrogens is 354 g/mol. The van der Waals surface area contributed by atoms with Gasteiger partial charge in [0.25, 0.3) is 0 Å². The molecule has 0 aliphatic heterocycles. The summed E-state index contributed by atoms with van der Waals surface area (Å²) in [6, 6.07) is 7.76. The minimum atomic E-state index is 0.0638. The van der Waals surface area contributed by atoms with Gasteiger partial charge in [0, 0.05) is 24.4 Å². The number of aryl methyl sites for hydroxylation is 1. The normalized spacial score (nSPS) is 22.2. The third kappa shape index (κ3) is 5.12. The maximum absolute atomic E-state index is 12.5. The molecule has 152 valence electrons. The molecule has 2 aromatic rings. The van der Waals surface area contributed by atoms with Crippen LogP contribution in [-0.4, -0.2) is 29.2 Å². The fourth-order valence-corrected chi connectivity index (χ4v) is 4.08. The molecule has 1 aromatic heterocycles. The van der Waals surface area contributed by atoms with E-state index in [1.807, 2.05) is 24.3 Å². The topological polar surface area (TPSA) is 77.2 Å². The first-order chi connectivity index (χ1) is 13.5. The van der Waals surface area contributed by atoms with Gasteiger partial charge in [-0.05, 0) is 54.9 Å². The average molecular weight is 386 g/mol. The zero-order chi connectivity index (χ0) is 20.1. The average Bonchev–Trinajstić information content (AvgIpc) is 3.15. The summed E-state index contributed by atoms with van der Waals surface area (Å²) in [5, 5.41) is 7.28. The number of hydrogen-bond donors (Lipinski definition) is 1. The lowest BCUT2D eigenvalue weighted by Gasteiger charge is -2.37. The molecule has 3 rings (SSSR count). The second-order valence-corrected chi connectivity index (χ2v) is 8.24. The van der Waals surface area contributed by atoms with Crippen molar-refractivity contribution in [2.24, 2.45) is 17.8 Å². The van der Waals surface area contributed by atoms with Gasteiger partial charge < -0.3 is 14.6 Å². The van der Waals surface area contributed by atoms with Crippen molar-refractivity contribution in [1.82, 2.24) is 15.5 Å². The molecule has 1 aliphatic rings. The summed E-state index contributed by atoms with van der Waals surface area (Å²) in [6.07, 6.45) is 4.32. The highest BCUT2D eigenvalue weighted by atomic mass is 16.5. The summed E-state index contributed by atoms with van der Waals surface area (Å²) in [7, 11) is 1.63. The number of nitrogens with one attached hydrogen (secondary N) is 1. The lowest BCUT2D eigenvalue weighted by Crippen LogP contribution is -2.45. The van der Waals surface area contributed by atoms with E-state index in [1.165, 1.54) is 12.8 Å². The molecule has 1 aromatic carbocycles. The van der Waals surface area contributed by atoms with Gasteiger partial charge in [-0.15, -0.1) is 0 Å². The van der Waals surface area contributed by atoms with E-state index in [0.29, 0.717) is 42.3 Å². The van der Waals surface area contributed by atoms with Crippen molar-refractivity contribution in [3.8, 4) is 17.1 Å². The number of aromatic nitrogens is 2. The van der Waals surface area contributed by atoms with Gasteiger partial charge >= 0.3 is 0 Å². The molecule has 3 atom stereocenters. The van der Waals surface area contributed by atoms with Crippen LogP contribution in [0.15, 0.2) is 28.8 Å². The first kappa shape index (κ1) is 20.4. The zero-order valence-corrected chi connectivity index (χ0v) is 17.3. The maximum atomic E-state index is 12.5. The van der Waals surface area contributed by atoms with Crippen LogP contribution in [0.25, 0.3) is 11.4 Å². The van der Waals surface area contributed by atoms with Crippen LogP contribution in [0.4, 0.5) is 0 Å². The lowest BCUT2D eigenvalue weighted by atomic mass is 9.74. The number of benzene rings is 1. The Kier molecular flexibility index (Phi) is 6.70. The van der Waals surface area contributed by atoms with Crippen LogP contribution in [-0.2, 0) is 11.2 Å². The van der Waals surface area contributed by atoms with E-state index >= 15 is 0 Å². The Balaban J connectivity index is 1.53. The fourth-order valence-electron chi connectivity index (χ4n) is 4.08. The van der Waals surface area contributed by atoms with E-state index in [4.69, 9.17) is 9.26 Å². The number of rotatable bonds is 7. The van der Waals surface area contributed by atoms with Gasteiger partial charge in [0.05, 0.1) is 7.11 Å². The number of carbonyl (C=O) groups is 1. The Labute approximate surface area is 167 Å². The maximum Gasteiger partial charge on any atom is 0.227 e. The van der Waals surface area contributed by atoms with Crippen LogP contribution < -0.4 is 10.1 Å².